The molecule has 4 bridgehead atoms. The summed E-state index contributed by atoms with van der Waals surface area (Å²) < 4.78 is 42.2. The van der Waals surface area contributed by atoms with E-state index in [0.717, 1.165) is 29.4 Å². The lowest BCUT2D eigenvalue weighted by molar-refractivity contribution is -2.00. The Bertz CT molecular complexity index is 505. The van der Waals surface area contributed by atoms with Crippen molar-refractivity contribution in [3.8, 4) is 0 Å². The van der Waals surface area contributed by atoms with E-state index in [2.05, 4.69) is 24.7 Å². The third kappa shape index (κ3) is 3.46. The maximum atomic E-state index is 8.49. The van der Waals surface area contributed by atoms with Gasteiger partial charge in [-0.3, -0.25) is 0 Å². The molecule has 6 nitrogen and oxygen atoms in total. The van der Waals surface area contributed by atoms with Crippen LogP contribution < -0.4 is 23.4 Å². The van der Waals surface area contributed by atoms with Gasteiger partial charge >= 0.3 is 0 Å². The van der Waals surface area contributed by atoms with Gasteiger partial charge in [0, 0.05) is 25.7 Å². The fourth-order valence-corrected chi connectivity index (χ4v) is 5.19. The normalized spacial score (nSPS) is 36.2. The molecule has 0 spiro atoms. The first-order chi connectivity index (χ1) is 10.2. The van der Waals surface area contributed by atoms with Crippen LogP contribution in [-0.2, 0) is 0 Å². The molecule has 124 valence electrons. The average Bonchev–Trinajstić information content (AvgIpc) is 2.65. The van der Waals surface area contributed by atoms with Crippen molar-refractivity contribution in [1.29, 1.82) is 0 Å². The van der Waals surface area contributed by atoms with Crippen LogP contribution >= 0.6 is 0 Å². The van der Waals surface area contributed by atoms with Crippen LogP contribution in [0.4, 0.5) is 0 Å². The highest BCUT2D eigenvalue weighted by Gasteiger charge is 2.54. The summed E-state index contributed by atoms with van der Waals surface area (Å²) in [5, 5.41) is 0. The van der Waals surface area contributed by atoms with Crippen LogP contribution in [0.5, 0.6) is 0 Å². The molecule has 0 aliphatic heterocycles. The Kier molecular flexibility index (Phi) is 4.24. The lowest BCUT2D eigenvalue weighted by Crippen LogP contribution is -2.68. The molecule has 1 aromatic rings. The molecule has 0 atom stereocenters. The van der Waals surface area contributed by atoms with Gasteiger partial charge in [0.1, 0.15) is 0 Å². The molecule has 4 fully saturated rings. The lowest BCUT2D eigenvalue weighted by Gasteiger charge is -2.50. The van der Waals surface area contributed by atoms with E-state index in [1.807, 2.05) is 0 Å². The molecule has 0 unspecified atom stereocenters. The van der Waals surface area contributed by atoms with Crippen LogP contribution in [0.25, 0.3) is 0 Å². The molecule has 0 N–H and O–H groups in total. The Balaban J connectivity index is 0.000000254. The number of nitrogens with zero attached hydrogens (tertiary/aromatic N) is 1. The van der Waals surface area contributed by atoms with E-state index < -0.39 is 10.2 Å². The van der Waals surface area contributed by atoms with E-state index in [0.29, 0.717) is 6.04 Å². The third-order valence-electron chi connectivity index (χ3n) is 5.45. The van der Waals surface area contributed by atoms with Crippen molar-refractivity contribution in [2.75, 3.05) is 0 Å². The molecular formula is C15H22ClNO5. The van der Waals surface area contributed by atoms with Crippen LogP contribution in [0.1, 0.15) is 49.6 Å². The topological polar surface area (TPSA) is 109 Å². The van der Waals surface area contributed by atoms with E-state index in [-0.39, 0.29) is 0 Å². The quantitative estimate of drug-likeness (QED) is 0.577. The van der Waals surface area contributed by atoms with Crippen LogP contribution in [0, 0.1) is 47.8 Å². The van der Waals surface area contributed by atoms with Crippen LogP contribution in [0.2, 0.25) is 0 Å². The average molecular weight is 332 g/mol. The monoisotopic (exact) mass is 331 g/mol. The molecule has 4 aliphatic rings. The van der Waals surface area contributed by atoms with Gasteiger partial charge in [0.2, 0.25) is 11.7 Å². The third-order valence-corrected chi connectivity index (χ3v) is 5.45. The molecule has 4 aliphatic carbocycles. The fourth-order valence-electron chi connectivity index (χ4n) is 5.19. The first-order valence-corrected chi connectivity index (χ1v) is 9.05. The molecule has 0 aromatic carbocycles. The van der Waals surface area contributed by atoms with E-state index in [9.17, 15) is 0 Å². The van der Waals surface area contributed by atoms with Crippen molar-refractivity contribution < 1.29 is 38.1 Å². The minimum Gasteiger partial charge on any atom is -0.241 e. The van der Waals surface area contributed by atoms with Crippen molar-refractivity contribution in [3.63, 3.8) is 0 Å². The van der Waals surface area contributed by atoms with Gasteiger partial charge in [-0.15, -0.1) is 10.2 Å². The number of rotatable bonds is 1. The predicted molar refractivity (Wildman–Crippen MR) is 64.5 cm³/mol. The van der Waals surface area contributed by atoms with Gasteiger partial charge in [0.05, 0.1) is 6.07 Å². The van der Waals surface area contributed by atoms with Gasteiger partial charge < -0.3 is 0 Å². The minimum absolute atomic E-state index is 0.677. The van der Waals surface area contributed by atoms with E-state index >= 15 is 0 Å². The van der Waals surface area contributed by atoms with E-state index in [1.165, 1.54) is 37.8 Å². The molecule has 7 heteroatoms. The van der Waals surface area contributed by atoms with Crippen molar-refractivity contribution in [2.24, 2.45) is 23.7 Å². The number of aryl methyl sites for hydroxylation is 2. The van der Waals surface area contributed by atoms with Crippen molar-refractivity contribution >= 4 is 0 Å². The largest absolute Gasteiger partial charge is 0.241 e. The van der Waals surface area contributed by atoms with Gasteiger partial charge in [0.15, 0.2) is 5.76 Å². The summed E-state index contributed by atoms with van der Waals surface area (Å²) in [6.45, 7) is 4.27. The van der Waals surface area contributed by atoms with Gasteiger partial charge in [-0.1, -0.05) is 0 Å². The highest BCUT2D eigenvalue weighted by molar-refractivity contribution is 4.99. The molecule has 4 saturated carbocycles. The summed E-state index contributed by atoms with van der Waals surface area (Å²) in [6.07, 6.45) is 7.38. The first kappa shape index (κ1) is 16.2. The summed E-state index contributed by atoms with van der Waals surface area (Å²) >= 11 is 0. The highest BCUT2D eigenvalue weighted by atomic mass is 35.7. The summed E-state index contributed by atoms with van der Waals surface area (Å²) in [5.74, 6) is 4.97. The van der Waals surface area contributed by atoms with Gasteiger partial charge in [-0.2, -0.15) is 0 Å². The molecule has 1 aromatic heterocycles. The second-order valence-corrected chi connectivity index (χ2v) is 7.87. The maximum Gasteiger partial charge on any atom is 0.229 e. The Morgan fingerprint density at radius 3 is 1.77 bits per heavy atom. The number of hydrogen-bond donors (Lipinski definition) is 0. The van der Waals surface area contributed by atoms with Crippen LogP contribution in [-0.4, -0.2) is 0 Å². The maximum absolute atomic E-state index is 8.49. The molecule has 5 rings (SSSR count). The zero-order chi connectivity index (χ0) is 16.1. The number of hydrogen-bond acceptors (Lipinski definition) is 5. The molecule has 0 saturated heterocycles. The number of aromatic nitrogens is 1. The Morgan fingerprint density at radius 2 is 1.41 bits per heavy atom. The summed E-state index contributed by atoms with van der Waals surface area (Å²) in [4.78, 5) is 0. The molecule has 0 amide bonds. The zero-order valence-electron chi connectivity index (χ0n) is 12.9. The Morgan fingerprint density at radius 1 is 0.955 bits per heavy atom. The molecular weight excluding hydrogens is 310 g/mol. The van der Waals surface area contributed by atoms with Gasteiger partial charge in [0.25, 0.3) is 0 Å². The SMILES string of the molecule is Cc1cc(C)[n+](C2C3CC4CC(C3)CC2C4)o1.[O-][Cl+3]([O-])([O-])[O-]. The summed E-state index contributed by atoms with van der Waals surface area (Å²) in [7, 11) is -4.94. The Hall–Kier alpha value is -0.660. The van der Waals surface area contributed by atoms with Crippen molar-refractivity contribution in [1.82, 2.24) is 0 Å². The minimum atomic E-state index is -4.94. The summed E-state index contributed by atoms with van der Waals surface area (Å²) in [6, 6.07) is 2.86. The van der Waals surface area contributed by atoms with Crippen LogP contribution in [0.15, 0.2) is 10.6 Å². The predicted octanol–water partition coefficient (Wildman–Crippen LogP) is -1.57. The number of halogens is 1. The van der Waals surface area contributed by atoms with Gasteiger partial charge in [-0.05, 0) is 48.7 Å². The molecule has 0 radical (unpaired) electrons. The zero-order valence-corrected chi connectivity index (χ0v) is 13.6. The molecule has 1 heterocycles. The lowest BCUT2D eigenvalue weighted by atomic mass is 9.54. The first-order valence-electron chi connectivity index (χ1n) is 7.81. The fraction of sp³-hybridized carbons (Fsp3) is 0.800. The Labute approximate surface area is 132 Å². The van der Waals surface area contributed by atoms with Crippen LogP contribution in [0.3, 0.4) is 0 Å². The van der Waals surface area contributed by atoms with Crippen molar-refractivity contribution in [2.45, 2.75) is 52.0 Å². The second kappa shape index (κ2) is 5.76. The standard InChI is InChI=1S/C15H22NO.ClHO4/c1-9-3-10(2)17-16(9)15-13-5-11-4-12(7-13)8-14(15)6-11;2-1(3,4)5/h3,11-15H,4-8H2,1-2H3;(H,2,3,4,5)/q+1;/p-1. The molecule has 22 heavy (non-hydrogen) atoms. The smallest absolute Gasteiger partial charge is 0.229 e. The highest BCUT2D eigenvalue weighted by Crippen LogP contribution is 2.56. The van der Waals surface area contributed by atoms with E-state index in [4.69, 9.17) is 23.2 Å². The second-order valence-electron chi connectivity index (χ2n) is 7.11. The summed E-state index contributed by atoms with van der Waals surface area (Å²) in [5.41, 5.74) is 1.32. The van der Waals surface area contributed by atoms with E-state index in [1.54, 1.807) is 0 Å². The van der Waals surface area contributed by atoms with Gasteiger partial charge in [-0.25, -0.2) is 23.2 Å². The van der Waals surface area contributed by atoms with Crippen molar-refractivity contribution in [3.05, 3.63) is 17.5 Å².